The molecule has 2 heterocycles. The van der Waals surface area contributed by atoms with Crippen molar-refractivity contribution in [3.05, 3.63) is 53.6 Å². The van der Waals surface area contributed by atoms with Gasteiger partial charge in [0.05, 0.1) is 11.3 Å². The van der Waals surface area contributed by atoms with E-state index in [-0.39, 0.29) is 5.15 Å². The van der Waals surface area contributed by atoms with E-state index in [1.165, 1.54) is 18.3 Å². The molecule has 0 aliphatic rings. The van der Waals surface area contributed by atoms with Crippen LogP contribution in [0.2, 0.25) is 5.15 Å². The van der Waals surface area contributed by atoms with E-state index < -0.39 is 11.7 Å². The predicted octanol–water partition coefficient (Wildman–Crippen LogP) is 4.07. The van der Waals surface area contributed by atoms with Gasteiger partial charge in [-0.25, -0.2) is 9.97 Å². The number of fused-ring (bicyclic) bond motifs is 1. The summed E-state index contributed by atoms with van der Waals surface area (Å²) in [6, 6.07) is 4.82. The zero-order valence-corrected chi connectivity index (χ0v) is 10.7. The summed E-state index contributed by atoms with van der Waals surface area (Å²) in [7, 11) is 0. The van der Waals surface area contributed by atoms with Crippen LogP contribution in [-0.2, 0) is 6.18 Å². The molecule has 3 aromatic rings. The largest absolute Gasteiger partial charge is 0.416 e. The number of alkyl halides is 3. The topological polar surface area (TPSA) is 30.2 Å². The van der Waals surface area contributed by atoms with Crippen LogP contribution in [-0.4, -0.2) is 14.4 Å². The highest BCUT2D eigenvalue weighted by Crippen LogP contribution is 2.31. The van der Waals surface area contributed by atoms with Crippen LogP contribution >= 0.6 is 11.6 Å². The van der Waals surface area contributed by atoms with Gasteiger partial charge in [-0.1, -0.05) is 23.7 Å². The van der Waals surface area contributed by atoms with Gasteiger partial charge < -0.3 is 4.40 Å². The maximum atomic E-state index is 12.5. The Kier molecular flexibility index (Phi) is 2.90. The van der Waals surface area contributed by atoms with Crippen molar-refractivity contribution in [3.63, 3.8) is 0 Å². The Morgan fingerprint density at radius 1 is 1.10 bits per heavy atom. The van der Waals surface area contributed by atoms with Gasteiger partial charge in [-0.2, -0.15) is 13.2 Å². The summed E-state index contributed by atoms with van der Waals surface area (Å²) in [5.41, 5.74) is 0.889. The lowest BCUT2D eigenvalue weighted by Gasteiger charge is -2.06. The lowest BCUT2D eigenvalue weighted by Crippen LogP contribution is -2.03. The third kappa shape index (κ3) is 2.22. The van der Waals surface area contributed by atoms with Crippen molar-refractivity contribution in [2.75, 3.05) is 0 Å². The van der Waals surface area contributed by atoms with Gasteiger partial charge in [-0.15, -0.1) is 0 Å². The number of hydrogen-bond donors (Lipinski definition) is 0. The first-order valence-electron chi connectivity index (χ1n) is 5.62. The molecule has 0 unspecified atom stereocenters. The molecule has 0 atom stereocenters. The first-order chi connectivity index (χ1) is 9.45. The molecule has 2 aromatic heterocycles. The molecule has 0 spiro atoms. The Bertz CT molecular complexity index is 763. The van der Waals surface area contributed by atoms with E-state index in [1.54, 1.807) is 16.8 Å². The second-order valence-electron chi connectivity index (χ2n) is 4.15. The zero-order valence-electron chi connectivity index (χ0n) is 9.89. The second kappa shape index (κ2) is 4.49. The van der Waals surface area contributed by atoms with Gasteiger partial charge in [0.2, 0.25) is 0 Å². The van der Waals surface area contributed by atoms with Crippen LogP contribution < -0.4 is 0 Å². The van der Waals surface area contributed by atoms with Crippen molar-refractivity contribution in [1.82, 2.24) is 14.4 Å². The molecule has 3 rings (SSSR count). The Labute approximate surface area is 116 Å². The van der Waals surface area contributed by atoms with E-state index in [9.17, 15) is 13.2 Å². The van der Waals surface area contributed by atoms with Crippen LogP contribution in [0.5, 0.6) is 0 Å². The molecule has 0 saturated heterocycles. The van der Waals surface area contributed by atoms with Crippen LogP contribution in [0.15, 0.2) is 42.9 Å². The molecular weight excluding hydrogens is 291 g/mol. The quantitative estimate of drug-likeness (QED) is 0.678. The normalized spacial score (nSPS) is 12.0. The minimum Gasteiger partial charge on any atom is -0.302 e. The summed E-state index contributed by atoms with van der Waals surface area (Å²) < 4.78 is 39.2. The van der Waals surface area contributed by atoms with Gasteiger partial charge in [-0.05, 0) is 12.1 Å². The van der Waals surface area contributed by atoms with Crippen molar-refractivity contribution in [1.29, 1.82) is 0 Å². The number of halogens is 4. The van der Waals surface area contributed by atoms with Crippen molar-refractivity contribution < 1.29 is 13.2 Å². The SMILES string of the molecule is FC(F)(F)c1ccc(-c2cn3ccnc(Cl)c3n2)cc1. The van der Waals surface area contributed by atoms with E-state index in [0.29, 0.717) is 16.9 Å². The Morgan fingerprint density at radius 3 is 2.40 bits per heavy atom. The van der Waals surface area contributed by atoms with Gasteiger partial charge in [0.1, 0.15) is 0 Å². The van der Waals surface area contributed by atoms with Gasteiger partial charge >= 0.3 is 6.18 Å². The summed E-state index contributed by atoms with van der Waals surface area (Å²) in [4.78, 5) is 8.16. The molecule has 7 heteroatoms. The molecular formula is C13H7ClF3N3. The average molecular weight is 298 g/mol. The van der Waals surface area contributed by atoms with Crippen LogP contribution in [0.4, 0.5) is 13.2 Å². The first-order valence-corrected chi connectivity index (χ1v) is 6.00. The van der Waals surface area contributed by atoms with E-state index in [0.717, 1.165) is 12.1 Å². The van der Waals surface area contributed by atoms with E-state index in [2.05, 4.69) is 9.97 Å². The van der Waals surface area contributed by atoms with Gasteiger partial charge in [0.25, 0.3) is 0 Å². The van der Waals surface area contributed by atoms with Crippen molar-refractivity contribution in [2.24, 2.45) is 0 Å². The predicted molar refractivity (Wildman–Crippen MR) is 68.4 cm³/mol. The lowest BCUT2D eigenvalue weighted by atomic mass is 10.1. The number of hydrogen-bond acceptors (Lipinski definition) is 2. The molecule has 0 aliphatic carbocycles. The minimum atomic E-state index is -4.34. The average Bonchev–Trinajstić information content (AvgIpc) is 2.83. The Balaban J connectivity index is 2.05. The molecule has 3 nitrogen and oxygen atoms in total. The standard InChI is InChI=1S/C13H7ClF3N3/c14-11-12-19-10(7-20(12)6-5-18-11)8-1-3-9(4-2-8)13(15,16)17/h1-7H. The summed E-state index contributed by atoms with van der Waals surface area (Å²) >= 11 is 5.90. The highest BCUT2D eigenvalue weighted by molar-refractivity contribution is 6.32. The van der Waals surface area contributed by atoms with Crippen molar-refractivity contribution >= 4 is 17.2 Å². The monoisotopic (exact) mass is 297 g/mol. The third-order valence-electron chi connectivity index (χ3n) is 2.84. The third-order valence-corrected chi connectivity index (χ3v) is 3.11. The summed E-state index contributed by atoms with van der Waals surface area (Å²) in [6.07, 6.45) is 0.533. The van der Waals surface area contributed by atoms with Gasteiger partial charge in [0, 0.05) is 24.2 Å². The fourth-order valence-electron chi connectivity index (χ4n) is 1.86. The van der Waals surface area contributed by atoms with Crippen molar-refractivity contribution in [3.8, 4) is 11.3 Å². The molecule has 0 bridgehead atoms. The summed E-state index contributed by atoms with van der Waals surface area (Å²) in [6.45, 7) is 0. The van der Waals surface area contributed by atoms with Gasteiger partial charge in [0.15, 0.2) is 10.8 Å². The highest BCUT2D eigenvalue weighted by atomic mass is 35.5. The molecule has 0 amide bonds. The van der Waals surface area contributed by atoms with Crippen LogP contribution in [0.1, 0.15) is 5.56 Å². The van der Waals surface area contributed by atoms with E-state index >= 15 is 0 Å². The lowest BCUT2D eigenvalue weighted by molar-refractivity contribution is -0.137. The summed E-state index contributed by atoms with van der Waals surface area (Å²) in [5, 5.41) is 0.241. The smallest absolute Gasteiger partial charge is 0.302 e. The van der Waals surface area contributed by atoms with Crippen LogP contribution in [0.3, 0.4) is 0 Å². The zero-order chi connectivity index (χ0) is 14.3. The molecule has 0 fully saturated rings. The minimum absolute atomic E-state index is 0.241. The number of benzene rings is 1. The number of nitrogens with zero attached hydrogens (tertiary/aromatic N) is 3. The van der Waals surface area contributed by atoms with Crippen molar-refractivity contribution in [2.45, 2.75) is 6.18 Å². The molecule has 20 heavy (non-hydrogen) atoms. The molecule has 0 N–H and O–H groups in total. The Hall–Kier alpha value is -2.08. The maximum Gasteiger partial charge on any atom is 0.416 e. The number of aromatic nitrogens is 3. The maximum absolute atomic E-state index is 12.5. The van der Waals surface area contributed by atoms with E-state index in [1.807, 2.05) is 0 Å². The van der Waals surface area contributed by atoms with Crippen LogP contribution in [0, 0.1) is 0 Å². The number of rotatable bonds is 1. The fraction of sp³-hybridized carbons (Fsp3) is 0.0769. The van der Waals surface area contributed by atoms with Crippen LogP contribution in [0.25, 0.3) is 16.9 Å². The van der Waals surface area contributed by atoms with Gasteiger partial charge in [-0.3, -0.25) is 0 Å². The molecule has 1 aromatic carbocycles. The summed E-state index contributed by atoms with van der Waals surface area (Å²) in [5.74, 6) is 0. The Morgan fingerprint density at radius 2 is 1.80 bits per heavy atom. The fourth-order valence-corrected chi connectivity index (χ4v) is 2.05. The number of imidazole rings is 1. The van der Waals surface area contributed by atoms with E-state index in [4.69, 9.17) is 11.6 Å². The molecule has 0 aliphatic heterocycles. The molecule has 0 saturated carbocycles. The first kappa shape index (κ1) is 12.9. The second-order valence-corrected chi connectivity index (χ2v) is 4.51. The highest BCUT2D eigenvalue weighted by Gasteiger charge is 2.30. The molecule has 0 radical (unpaired) electrons. The molecule has 102 valence electrons.